The lowest BCUT2D eigenvalue weighted by molar-refractivity contribution is 0.334. The molecule has 0 spiro atoms. The predicted octanol–water partition coefficient (Wildman–Crippen LogP) is 1.05. The molecule has 2 rings (SSSR count). The fourth-order valence-corrected chi connectivity index (χ4v) is 3.77. The highest BCUT2D eigenvalue weighted by molar-refractivity contribution is 7.88. The highest BCUT2D eigenvalue weighted by Crippen LogP contribution is 2.09. The van der Waals surface area contributed by atoms with Gasteiger partial charge in [-0.3, -0.25) is 0 Å². The Morgan fingerprint density at radius 3 is 2.33 bits per heavy atom. The molecule has 6 heteroatoms. The molecule has 21 heavy (non-hydrogen) atoms. The molecule has 0 aromatic heterocycles. The van der Waals surface area contributed by atoms with E-state index in [1.165, 1.54) is 12.8 Å². The van der Waals surface area contributed by atoms with Crippen LogP contribution in [0.4, 0.5) is 0 Å². The molecular weight excluding hydrogens is 286 g/mol. The number of likely N-dealkylation sites (tertiary alicyclic amines) is 1. The summed E-state index contributed by atoms with van der Waals surface area (Å²) in [5.74, 6) is 0.0293. The van der Waals surface area contributed by atoms with Gasteiger partial charge in [0.15, 0.2) is 0 Å². The molecule has 0 bridgehead atoms. The van der Waals surface area contributed by atoms with E-state index in [-0.39, 0.29) is 5.75 Å². The average molecular weight is 311 g/mol. The molecule has 1 fully saturated rings. The fourth-order valence-electron chi connectivity index (χ4n) is 2.58. The maximum absolute atomic E-state index is 12.0. The van der Waals surface area contributed by atoms with Gasteiger partial charge in [-0.25, -0.2) is 13.1 Å². The van der Waals surface area contributed by atoms with Crippen molar-refractivity contribution >= 4 is 10.0 Å². The lowest BCUT2D eigenvalue weighted by Gasteiger charge is -2.14. The smallest absolute Gasteiger partial charge is 0.215 e. The van der Waals surface area contributed by atoms with Gasteiger partial charge in [0.2, 0.25) is 10.0 Å². The molecule has 3 N–H and O–H groups in total. The van der Waals surface area contributed by atoms with Gasteiger partial charge < -0.3 is 10.6 Å². The van der Waals surface area contributed by atoms with Gasteiger partial charge >= 0.3 is 0 Å². The molecule has 5 nitrogen and oxygen atoms in total. The standard InChI is InChI=1S/C15H25N3O2S/c16-12-14-4-6-15(7-5-14)13-21(19,20)17-8-3-11-18-9-1-2-10-18/h4-7,17H,1-3,8-13,16H2. The topological polar surface area (TPSA) is 75.4 Å². The lowest BCUT2D eigenvalue weighted by Crippen LogP contribution is -2.29. The van der Waals surface area contributed by atoms with E-state index >= 15 is 0 Å². The van der Waals surface area contributed by atoms with Crippen molar-refractivity contribution < 1.29 is 8.42 Å². The van der Waals surface area contributed by atoms with Crippen molar-refractivity contribution in [3.8, 4) is 0 Å². The minimum Gasteiger partial charge on any atom is -0.326 e. The Labute approximate surface area is 127 Å². The minimum atomic E-state index is -3.25. The van der Waals surface area contributed by atoms with Gasteiger partial charge in [-0.2, -0.15) is 0 Å². The first-order valence-electron chi connectivity index (χ1n) is 7.57. The van der Waals surface area contributed by atoms with Crippen molar-refractivity contribution in [1.29, 1.82) is 0 Å². The van der Waals surface area contributed by atoms with E-state index in [0.717, 1.165) is 37.2 Å². The number of sulfonamides is 1. The molecule has 1 heterocycles. The first-order chi connectivity index (χ1) is 10.1. The summed E-state index contributed by atoms with van der Waals surface area (Å²) in [6.07, 6.45) is 3.40. The van der Waals surface area contributed by atoms with Crippen molar-refractivity contribution in [3.63, 3.8) is 0 Å². The maximum Gasteiger partial charge on any atom is 0.215 e. The van der Waals surface area contributed by atoms with Crippen molar-refractivity contribution in [1.82, 2.24) is 9.62 Å². The number of hydrogen-bond acceptors (Lipinski definition) is 4. The van der Waals surface area contributed by atoms with E-state index in [1.54, 1.807) is 0 Å². The van der Waals surface area contributed by atoms with E-state index < -0.39 is 10.0 Å². The summed E-state index contributed by atoms with van der Waals surface area (Å²) in [4.78, 5) is 2.39. The summed E-state index contributed by atoms with van der Waals surface area (Å²) in [5.41, 5.74) is 7.33. The predicted molar refractivity (Wildman–Crippen MR) is 85.3 cm³/mol. The minimum absolute atomic E-state index is 0.0293. The molecule has 0 saturated carbocycles. The molecule has 118 valence electrons. The highest BCUT2D eigenvalue weighted by atomic mass is 32.2. The van der Waals surface area contributed by atoms with Crippen LogP contribution in [0.5, 0.6) is 0 Å². The van der Waals surface area contributed by atoms with Crippen molar-refractivity contribution in [2.24, 2.45) is 5.73 Å². The van der Waals surface area contributed by atoms with Crippen LogP contribution in [0.15, 0.2) is 24.3 Å². The number of nitrogens with two attached hydrogens (primary N) is 1. The molecule has 1 saturated heterocycles. The monoisotopic (exact) mass is 311 g/mol. The zero-order valence-corrected chi connectivity index (χ0v) is 13.2. The molecular formula is C15H25N3O2S. The summed E-state index contributed by atoms with van der Waals surface area (Å²) in [7, 11) is -3.25. The SMILES string of the molecule is NCc1ccc(CS(=O)(=O)NCCCN2CCCC2)cc1. The number of nitrogens with zero attached hydrogens (tertiary/aromatic N) is 1. The van der Waals surface area contributed by atoms with Crippen LogP contribution in [-0.4, -0.2) is 39.5 Å². The van der Waals surface area contributed by atoms with Crippen LogP contribution in [0.1, 0.15) is 30.4 Å². The Balaban J connectivity index is 1.72. The quantitative estimate of drug-likeness (QED) is 0.704. The lowest BCUT2D eigenvalue weighted by atomic mass is 10.1. The van der Waals surface area contributed by atoms with E-state index in [0.29, 0.717) is 13.1 Å². The third-order valence-electron chi connectivity index (χ3n) is 3.79. The Morgan fingerprint density at radius 2 is 1.71 bits per heavy atom. The van der Waals surface area contributed by atoms with Crippen LogP contribution in [-0.2, 0) is 22.3 Å². The molecule has 0 aliphatic carbocycles. The van der Waals surface area contributed by atoms with Gasteiger partial charge in [-0.05, 0) is 50.0 Å². The molecule has 1 aliphatic heterocycles. The van der Waals surface area contributed by atoms with Gasteiger partial charge in [0.25, 0.3) is 0 Å². The second kappa shape index (κ2) is 7.89. The summed E-state index contributed by atoms with van der Waals surface area (Å²) < 4.78 is 26.7. The Hall–Kier alpha value is -0.950. The first kappa shape index (κ1) is 16.4. The first-order valence-corrected chi connectivity index (χ1v) is 9.22. The van der Waals surface area contributed by atoms with Gasteiger partial charge in [0.05, 0.1) is 5.75 Å². The molecule has 0 atom stereocenters. The third kappa shape index (κ3) is 5.74. The van der Waals surface area contributed by atoms with Crippen LogP contribution < -0.4 is 10.5 Å². The second-order valence-corrected chi connectivity index (χ2v) is 7.38. The number of benzene rings is 1. The van der Waals surface area contributed by atoms with E-state index in [2.05, 4.69) is 9.62 Å². The number of nitrogens with one attached hydrogen (secondary N) is 1. The Morgan fingerprint density at radius 1 is 1.10 bits per heavy atom. The third-order valence-corrected chi connectivity index (χ3v) is 5.14. The van der Waals surface area contributed by atoms with Crippen LogP contribution in [0.3, 0.4) is 0 Å². The molecule has 0 amide bonds. The van der Waals surface area contributed by atoms with Crippen LogP contribution in [0.25, 0.3) is 0 Å². The average Bonchev–Trinajstić information content (AvgIpc) is 2.97. The fraction of sp³-hybridized carbons (Fsp3) is 0.600. The van der Waals surface area contributed by atoms with Gasteiger partial charge in [0, 0.05) is 13.1 Å². The van der Waals surface area contributed by atoms with E-state index in [9.17, 15) is 8.42 Å². The van der Waals surface area contributed by atoms with Crippen molar-refractivity contribution in [3.05, 3.63) is 35.4 Å². The van der Waals surface area contributed by atoms with Gasteiger partial charge in [0.1, 0.15) is 0 Å². The maximum atomic E-state index is 12.0. The summed E-state index contributed by atoms with van der Waals surface area (Å²) in [6, 6.07) is 7.40. The van der Waals surface area contributed by atoms with E-state index in [1.807, 2.05) is 24.3 Å². The molecule has 1 aliphatic rings. The van der Waals surface area contributed by atoms with Crippen molar-refractivity contribution in [2.75, 3.05) is 26.2 Å². The normalized spacial score (nSPS) is 16.4. The second-order valence-electron chi connectivity index (χ2n) is 5.58. The molecule has 0 unspecified atom stereocenters. The molecule has 1 aromatic rings. The zero-order valence-electron chi connectivity index (χ0n) is 12.4. The van der Waals surface area contributed by atoms with Gasteiger partial charge in [-0.15, -0.1) is 0 Å². The highest BCUT2D eigenvalue weighted by Gasteiger charge is 2.13. The van der Waals surface area contributed by atoms with Crippen LogP contribution in [0, 0.1) is 0 Å². The molecule has 1 aromatic carbocycles. The van der Waals surface area contributed by atoms with Crippen LogP contribution >= 0.6 is 0 Å². The van der Waals surface area contributed by atoms with Gasteiger partial charge in [-0.1, -0.05) is 24.3 Å². The number of rotatable bonds is 8. The van der Waals surface area contributed by atoms with Crippen LogP contribution in [0.2, 0.25) is 0 Å². The summed E-state index contributed by atoms with van der Waals surface area (Å²) >= 11 is 0. The summed E-state index contributed by atoms with van der Waals surface area (Å²) in [5, 5.41) is 0. The summed E-state index contributed by atoms with van der Waals surface area (Å²) in [6.45, 7) is 4.27. The Kier molecular flexibility index (Phi) is 6.17. The molecule has 0 radical (unpaired) electrons. The largest absolute Gasteiger partial charge is 0.326 e. The van der Waals surface area contributed by atoms with Crippen molar-refractivity contribution in [2.45, 2.75) is 31.6 Å². The van der Waals surface area contributed by atoms with E-state index in [4.69, 9.17) is 5.73 Å². The number of hydrogen-bond donors (Lipinski definition) is 2. The Bertz CT molecular complexity index is 522. The zero-order chi connectivity index (χ0) is 15.1.